The number of hydrogen-bond acceptors (Lipinski definition) is 2. The lowest BCUT2D eigenvalue weighted by molar-refractivity contribution is -0.134. The maximum Gasteiger partial charge on any atom is 0.225 e. The summed E-state index contributed by atoms with van der Waals surface area (Å²) >= 11 is 0. The second kappa shape index (κ2) is 8.86. The van der Waals surface area contributed by atoms with E-state index >= 15 is 0 Å². The van der Waals surface area contributed by atoms with Crippen LogP contribution in [0, 0.1) is 17.8 Å². The predicted molar refractivity (Wildman–Crippen MR) is 123 cm³/mol. The summed E-state index contributed by atoms with van der Waals surface area (Å²) in [5, 5.41) is 0. The molecular formula is C27H38N2O. The third-order valence-electron chi connectivity index (χ3n) is 8.42. The molecule has 1 aromatic rings. The van der Waals surface area contributed by atoms with Crippen molar-refractivity contribution in [3.05, 3.63) is 41.5 Å². The van der Waals surface area contributed by atoms with Crippen molar-refractivity contribution in [1.29, 1.82) is 0 Å². The van der Waals surface area contributed by atoms with Gasteiger partial charge >= 0.3 is 0 Å². The summed E-state index contributed by atoms with van der Waals surface area (Å²) in [5.74, 6) is 1.97. The summed E-state index contributed by atoms with van der Waals surface area (Å²) in [6, 6.07) is 10.1. The standard InChI is InChI=1S/C27H38N2O/c1-20-6-5-16-28(20)17-15-21-11-13-22(14-12-21)25-10-4-9-24-18-29(19-26(24)25)27(30)23-7-2-3-8-23/h10-14,20,23-24,26H,2-9,15-19H2,1H3. The third kappa shape index (κ3) is 4.10. The van der Waals surface area contributed by atoms with Crippen LogP contribution in [0.3, 0.4) is 0 Å². The van der Waals surface area contributed by atoms with E-state index in [1.165, 1.54) is 61.9 Å². The molecule has 2 saturated heterocycles. The normalized spacial score (nSPS) is 30.0. The van der Waals surface area contributed by atoms with Crippen LogP contribution in [0.5, 0.6) is 0 Å². The average molecular weight is 407 g/mol. The Labute approximate surface area is 182 Å². The molecule has 162 valence electrons. The maximum absolute atomic E-state index is 13.0. The van der Waals surface area contributed by atoms with Gasteiger partial charge in [-0.2, -0.15) is 0 Å². The molecule has 5 rings (SSSR count). The molecule has 2 aliphatic carbocycles. The van der Waals surface area contributed by atoms with Crippen molar-refractivity contribution in [2.24, 2.45) is 17.8 Å². The third-order valence-corrected chi connectivity index (χ3v) is 8.42. The number of allylic oxidation sites excluding steroid dienone is 1. The van der Waals surface area contributed by atoms with Gasteiger partial charge in [-0.3, -0.25) is 4.79 Å². The number of likely N-dealkylation sites (tertiary alicyclic amines) is 2. The Hall–Kier alpha value is -1.61. The Morgan fingerprint density at radius 1 is 1.00 bits per heavy atom. The van der Waals surface area contributed by atoms with Gasteiger partial charge in [-0.1, -0.05) is 43.2 Å². The second-order valence-corrected chi connectivity index (χ2v) is 10.3. The van der Waals surface area contributed by atoms with Crippen molar-refractivity contribution >= 4 is 11.5 Å². The van der Waals surface area contributed by atoms with Crippen LogP contribution in [0.4, 0.5) is 0 Å². The van der Waals surface area contributed by atoms with Crippen LogP contribution in [0.25, 0.3) is 5.57 Å². The zero-order valence-corrected chi connectivity index (χ0v) is 18.7. The van der Waals surface area contributed by atoms with Gasteiger partial charge in [0.15, 0.2) is 0 Å². The molecule has 0 spiro atoms. The highest BCUT2D eigenvalue weighted by molar-refractivity contribution is 5.80. The summed E-state index contributed by atoms with van der Waals surface area (Å²) in [5.41, 5.74) is 4.35. The van der Waals surface area contributed by atoms with Crippen molar-refractivity contribution in [1.82, 2.24) is 9.80 Å². The number of amides is 1. The number of benzene rings is 1. The molecule has 3 fully saturated rings. The SMILES string of the molecule is CC1CCCN1CCc1ccc(C2=CCCC3CN(C(=O)C4CCCC4)CC23)cc1. The molecule has 0 aromatic heterocycles. The highest BCUT2D eigenvalue weighted by Gasteiger charge is 2.40. The first-order valence-electron chi connectivity index (χ1n) is 12.5. The van der Waals surface area contributed by atoms with Crippen LogP contribution in [0.1, 0.15) is 69.4 Å². The van der Waals surface area contributed by atoms with E-state index in [0.717, 1.165) is 44.8 Å². The second-order valence-electron chi connectivity index (χ2n) is 10.3. The molecular weight excluding hydrogens is 368 g/mol. The van der Waals surface area contributed by atoms with Gasteiger partial charge in [0.2, 0.25) is 5.91 Å². The smallest absolute Gasteiger partial charge is 0.225 e. The number of hydrogen-bond donors (Lipinski definition) is 0. The van der Waals surface area contributed by atoms with Gasteiger partial charge in [-0.15, -0.1) is 0 Å². The number of carbonyl (C=O) groups is 1. The fourth-order valence-electron chi connectivity index (χ4n) is 6.52. The summed E-state index contributed by atoms with van der Waals surface area (Å²) in [6.07, 6.45) is 13.5. The number of rotatable bonds is 5. The van der Waals surface area contributed by atoms with Gasteiger partial charge < -0.3 is 9.80 Å². The first-order valence-corrected chi connectivity index (χ1v) is 12.5. The molecule has 2 aliphatic heterocycles. The van der Waals surface area contributed by atoms with E-state index in [1.807, 2.05) is 0 Å². The van der Waals surface area contributed by atoms with E-state index in [-0.39, 0.29) is 0 Å². The molecule has 1 amide bonds. The highest BCUT2D eigenvalue weighted by Crippen LogP contribution is 2.42. The zero-order chi connectivity index (χ0) is 20.5. The van der Waals surface area contributed by atoms with Gasteiger partial charge in [0, 0.05) is 37.5 Å². The highest BCUT2D eigenvalue weighted by atomic mass is 16.2. The first kappa shape index (κ1) is 20.3. The maximum atomic E-state index is 13.0. The van der Waals surface area contributed by atoms with Crippen molar-refractivity contribution in [2.45, 2.75) is 70.8 Å². The molecule has 1 saturated carbocycles. The van der Waals surface area contributed by atoms with Crippen molar-refractivity contribution in [3.8, 4) is 0 Å². The summed E-state index contributed by atoms with van der Waals surface area (Å²) in [4.78, 5) is 17.8. The van der Waals surface area contributed by atoms with Crippen LogP contribution in [-0.4, -0.2) is 47.9 Å². The Kier molecular flexibility index (Phi) is 6.00. The quantitative estimate of drug-likeness (QED) is 0.675. The monoisotopic (exact) mass is 406 g/mol. The van der Waals surface area contributed by atoms with E-state index in [4.69, 9.17) is 0 Å². The van der Waals surface area contributed by atoms with Crippen molar-refractivity contribution < 1.29 is 4.79 Å². The molecule has 2 heterocycles. The minimum atomic E-state index is 0.315. The molecule has 3 heteroatoms. The van der Waals surface area contributed by atoms with Gasteiger partial charge in [-0.05, 0) is 81.0 Å². The van der Waals surface area contributed by atoms with Gasteiger partial charge in [0.1, 0.15) is 0 Å². The number of carbonyl (C=O) groups excluding carboxylic acids is 1. The summed E-state index contributed by atoms with van der Waals surface area (Å²) < 4.78 is 0. The Morgan fingerprint density at radius 2 is 1.80 bits per heavy atom. The summed E-state index contributed by atoms with van der Waals surface area (Å²) in [7, 11) is 0. The lowest BCUT2D eigenvalue weighted by atomic mass is 9.78. The Morgan fingerprint density at radius 3 is 2.53 bits per heavy atom. The molecule has 3 nitrogen and oxygen atoms in total. The molecule has 1 aromatic carbocycles. The van der Waals surface area contributed by atoms with Gasteiger partial charge in [0.25, 0.3) is 0 Å². The van der Waals surface area contributed by atoms with Crippen molar-refractivity contribution in [3.63, 3.8) is 0 Å². The fourth-order valence-corrected chi connectivity index (χ4v) is 6.52. The topological polar surface area (TPSA) is 23.6 Å². The molecule has 30 heavy (non-hydrogen) atoms. The average Bonchev–Trinajstić information content (AvgIpc) is 3.52. The minimum absolute atomic E-state index is 0.315. The Bertz CT molecular complexity index is 777. The van der Waals surface area contributed by atoms with Crippen LogP contribution >= 0.6 is 0 Å². The lowest BCUT2D eigenvalue weighted by Crippen LogP contribution is -2.33. The van der Waals surface area contributed by atoms with E-state index < -0.39 is 0 Å². The number of fused-ring (bicyclic) bond motifs is 1. The van der Waals surface area contributed by atoms with Gasteiger partial charge in [0.05, 0.1) is 0 Å². The van der Waals surface area contributed by atoms with E-state index in [0.29, 0.717) is 23.7 Å². The molecule has 3 unspecified atom stereocenters. The molecule has 0 N–H and O–H groups in total. The largest absolute Gasteiger partial charge is 0.342 e. The fraction of sp³-hybridized carbons (Fsp3) is 0.667. The number of nitrogens with zero attached hydrogens (tertiary/aromatic N) is 2. The van der Waals surface area contributed by atoms with Crippen LogP contribution in [-0.2, 0) is 11.2 Å². The molecule has 4 aliphatic rings. The Balaban J connectivity index is 1.22. The van der Waals surface area contributed by atoms with E-state index in [9.17, 15) is 4.79 Å². The van der Waals surface area contributed by atoms with Crippen LogP contribution < -0.4 is 0 Å². The predicted octanol–water partition coefficient (Wildman–Crippen LogP) is 5.16. The molecule has 0 radical (unpaired) electrons. The van der Waals surface area contributed by atoms with Crippen molar-refractivity contribution in [2.75, 3.05) is 26.2 Å². The molecule has 3 atom stereocenters. The van der Waals surface area contributed by atoms with Crippen LogP contribution in [0.15, 0.2) is 30.3 Å². The minimum Gasteiger partial charge on any atom is -0.342 e. The lowest BCUT2D eigenvalue weighted by Gasteiger charge is -2.26. The van der Waals surface area contributed by atoms with Gasteiger partial charge in [-0.25, -0.2) is 0 Å². The van der Waals surface area contributed by atoms with E-state index in [2.05, 4.69) is 47.1 Å². The summed E-state index contributed by atoms with van der Waals surface area (Å²) in [6.45, 7) is 6.76. The van der Waals surface area contributed by atoms with Crippen LogP contribution in [0.2, 0.25) is 0 Å². The molecule has 0 bridgehead atoms. The van der Waals surface area contributed by atoms with E-state index in [1.54, 1.807) is 0 Å². The first-order chi connectivity index (χ1) is 14.7. The zero-order valence-electron chi connectivity index (χ0n) is 18.7.